The van der Waals surface area contributed by atoms with Gasteiger partial charge in [-0.2, -0.15) is 5.10 Å². The van der Waals surface area contributed by atoms with E-state index in [9.17, 15) is 13.9 Å². The summed E-state index contributed by atoms with van der Waals surface area (Å²) in [4.78, 5) is 0. The maximum Gasteiger partial charge on any atom is 0.128 e. The molecule has 1 N–H and O–H groups in total. The SMILES string of the molecule is Cc1nn(-c2cc(F)cc(F)c2)c2c1cc(O)c1ccccc12. The summed E-state index contributed by atoms with van der Waals surface area (Å²) in [6, 6.07) is 12.2. The molecule has 0 saturated heterocycles. The molecule has 0 spiro atoms. The number of rotatable bonds is 1. The molecular formula is C18H12F2N2O. The van der Waals surface area contributed by atoms with E-state index in [1.807, 2.05) is 18.2 Å². The summed E-state index contributed by atoms with van der Waals surface area (Å²) in [6.45, 7) is 1.79. The number of hydrogen-bond donors (Lipinski definition) is 1. The van der Waals surface area contributed by atoms with Crippen molar-refractivity contribution in [2.45, 2.75) is 6.92 Å². The molecule has 0 atom stereocenters. The monoisotopic (exact) mass is 310 g/mol. The van der Waals surface area contributed by atoms with Gasteiger partial charge >= 0.3 is 0 Å². The molecule has 0 aliphatic rings. The van der Waals surface area contributed by atoms with E-state index in [0.29, 0.717) is 22.3 Å². The van der Waals surface area contributed by atoms with Gasteiger partial charge in [-0.25, -0.2) is 13.5 Å². The Labute approximate surface area is 130 Å². The lowest BCUT2D eigenvalue weighted by Crippen LogP contribution is -1.99. The average Bonchev–Trinajstić information content (AvgIpc) is 2.84. The highest BCUT2D eigenvalue weighted by molar-refractivity contribution is 6.09. The third-order valence-electron chi connectivity index (χ3n) is 3.94. The number of nitrogens with zero attached hydrogens (tertiary/aromatic N) is 2. The minimum Gasteiger partial charge on any atom is -0.507 e. The summed E-state index contributed by atoms with van der Waals surface area (Å²) in [7, 11) is 0. The van der Waals surface area contributed by atoms with Crippen LogP contribution < -0.4 is 0 Å². The highest BCUT2D eigenvalue weighted by Crippen LogP contribution is 2.35. The van der Waals surface area contributed by atoms with E-state index < -0.39 is 11.6 Å². The van der Waals surface area contributed by atoms with Gasteiger partial charge in [-0.05, 0) is 25.1 Å². The Hall–Kier alpha value is -2.95. The van der Waals surface area contributed by atoms with Crippen molar-refractivity contribution in [1.82, 2.24) is 9.78 Å². The lowest BCUT2D eigenvalue weighted by atomic mass is 10.1. The van der Waals surface area contributed by atoms with Crippen LogP contribution in [-0.4, -0.2) is 14.9 Å². The zero-order valence-corrected chi connectivity index (χ0v) is 12.2. The predicted octanol–water partition coefficient (Wildman–Crippen LogP) is 4.47. The van der Waals surface area contributed by atoms with E-state index in [1.165, 1.54) is 16.8 Å². The smallest absolute Gasteiger partial charge is 0.128 e. The lowest BCUT2D eigenvalue weighted by Gasteiger charge is -2.08. The number of phenols is 1. The summed E-state index contributed by atoms with van der Waals surface area (Å²) < 4.78 is 28.7. The number of halogens is 2. The number of phenolic OH excluding ortho intramolecular Hbond substituents is 1. The summed E-state index contributed by atoms with van der Waals surface area (Å²) in [5, 5.41) is 16.8. The fraction of sp³-hybridized carbons (Fsp3) is 0.0556. The molecule has 0 radical (unpaired) electrons. The summed E-state index contributed by atoms with van der Waals surface area (Å²) in [6.07, 6.45) is 0. The fourth-order valence-electron chi connectivity index (χ4n) is 2.95. The van der Waals surface area contributed by atoms with Gasteiger partial charge in [0.1, 0.15) is 17.4 Å². The van der Waals surface area contributed by atoms with E-state index >= 15 is 0 Å². The van der Waals surface area contributed by atoms with Gasteiger partial charge in [-0.15, -0.1) is 0 Å². The van der Waals surface area contributed by atoms with Crippen molar-refractivity contribution in [3.63, 3.8) is 0 Å². The Morgan fingerprint density at radius 1 is 0.913 bits per heavy atom. The normalized spacial score (nSPS) is 11.4. The third kappa shape index (κ3) is 2.04. The van der Waals surface area contributed by atoms with Gasteiger partial charge < -0.3 is 5.11 Å². The molecule has 3 nitrogen and oxygen atoms in total. The van der Waals surface area contributed by atoms with Crippen LogP contribution in [0.15, 0.2) is 48.5 Å². The second kappa shape index (κ2) is 4.78. The molecule has 0 saturated carbocycles. The average molecular weight is 310 g/mol. The van der Waals surface area contributed by atoms with E-state index in [-0.39, 0.29) is 5.75 Å². The standard InChI is InChI=1S/C18H12F2N2O/c1-10-16-9-17(23)14-4-2-3-5-15(14)18(16)22(21-10)13-7-11(19)6-12(20)8-13/h2-9,23H,1H3. The molecule has 0 bridgehead atoms. The van der Waals surface area contributed by atoms with E-state index in [4.69, 9.17) is 0 Å². The number of aryl methyl sites for hydroxylation is 1. The summed E-state index contributed by atoms with van der Waals surface area (Å²) in [5.41, 5.74) is 1.68. The van der Waals surface area contributed by atoms with Crippen LogP contribution in [0.4, 0.5) is 8.78 Å². The Bertz CT molecular complexity index is 1050. The molecule has 3 aromatic carbocycles. The first-order valence-corrected chi connectivity index (χ1v) is 7.11. The van der Waals surface area contributed by atoms with Crippen LogP contribution in [-0.2, 0) is 0 Å². The molecule has 1 aromatic heterocycles. The van der Waals surface area contributed by atoms with E-state index in [0.717, 1.165) is 16.8 Å². The molecule has 0 amide bonds. The van der Waals surface area contributed by atoms with Gasteiger partial charge in [0.05, 0.1) is 16.9 Å². The second-order valence-electron chi connectivity index (χ2n) is 5.46. The number of hydrogen-bond acceptors (Lipinski definition) is 2. The van der Waals surface area contributed by atoms with Gasteiger partial charge in [-0.3, -0.25) is 0 Å². The van der Waals surface area contributed by atoms with Crippen molar-refractivity contribution in [2.24, 2.45) is 0 Å². The summed E-state index contributed by atoms with van der Waals surface area (Å²) in [5.74, 6) is -1.17. The quantitative estimate of drug-likeness (QED) is 0.563. The van der Waals surface area contributed by atoms with Gasteiger partial charge in [0.2, 0.25) is 0 Å². The van der Waals surface area contributed by atoms with Crippen molar-refractivity contribution >= 4 is 21.7 Å². The van der Waals surface area contributed by atoms with Crippen LogP contribution in [0.1, 0.15) is 5.69 Å². The van der Waals surface area contributed by atoms with E-state index in [2.05, 4.69) is 5.10 Å². The summed E-state index contributed by atoms with van der Waals surface area (Å²) >= 11 is 0. The lowest BCUT2D eigenvalue weighted by molar-refractivity contribution is 0.482. The molecule has 5 heteroatoms. The Balaban J connectivity index is 2.18. The van der Waals surface area contributed by atoms with Gasteiger partial charge in [0.25, 0.3) is 0 Å². The first kappa shape index (κ1) is 13.7. The molecule has 0 aliphatic heterocycles. The largest absolute Gasteiger partial charge is 0.507 e. The van der Waals surface area contributed by atoms with Crippen LogP contribution in [0, 0.1) is 18.6 Å². The topological polar surface area (TPSA) is 38.0 Å². The molecular weight excluding hydrogens is 298 g/mol. The van der Waals surface area contributed by atoms with Gasteiger partial charge in [0.15, 0.2) is 0 Å². The predicted molar refractivity (Wildman–Crippen MR) is 84.9 cm³/mol. The van der Waals surface area contributed by atoms with Crippen LogP contribution in [0.3, 0.4) is 0 Å². The second-order valence-corrected chi connectivity index (χ2v) is 5.46. The Kier molecular flexibility index (Phi) is 2.84. The number of aromatic nitrogens is 2. The number of aromatic hydroxyl groups is 1. The maximum absolute atomic E-state index is 13.6. The van der Waals surface area contributed by atoms with Gasteiger partial charge in [-0.1, -0.05) is 24.3 Å². The zero-order chi connectivity index (χ0) is 16.1. The Morgan fingerprint density at radius 3 is 2.26 bits per heavy atom. The van der Waals surface area contributed by atoms with E-state index in [1.54, 1.807) is 19.1 Å². The Morgan fingerprint density at radius 2 is 1.57 bits per heavy atom. The van der Waals surface area contributed by atoms with Crippen molar-refractivity contribution in [3.8, 4) is 11.4 Å². The number of fused-ring (bicyclic) bond motifs is 3. The molecule has 0 fully saturated rings. The first-order chi connectivity index (χ1) is 11.0. The minimum atomic E-state index is -0.663. The van der Waals surface area contributed by atoms with Crippen molar-refractivity contribution in [2.75, 3.05) is 0 Å². The van der Waals surface area contributed by atoms with Crippen LogP contribution in [0.2, 0.25) is 0 Å². The molecule has 0 aliphatic carbocycles. The van der Waals surface area contributed by atoms with Crippen molar-refractivity contribution < 1.29 is 13.9 Å². The van der Waals surface area contributed by atoms with Crippen LogP contribution in [0.25, 0.3) is 27.4 Å². The maximum atomic E-state index is 13.6. The highest BCUT2D eigenvalue weighted by atomic mass is 19.1. The van der Waals surface area contributed by atoms with Crippen molar-refractivity contribution in [3.05, 3.63) is 65.9 Å². The van der Waals surface area contributed by atoms with Crippen molar-refractivity contribution in [1.29, 1.82) is 0 Å². The molecule has 1 heterocycles. The molecule has 4 rings (SSSR count). The molecule has 4 aromatic rings. The number of benzene rings is 3. The molecule has 0 unspecified atom stereocenters. The van der Waals surface area contributed by atoms with Crippen LogP contribution >= 0.6 is 0 Å². The van der Waals surface area contributed by atoms with Crippen LogP contribution in [0.5, 0.6) is 5.75 Å². The molecule has 114 valence electrons. The minimum absolute atomic E-state index is 0.154. The van der Waals surface area contributed by atoms with Gasteiger partial charge in [0, 0.05) is 22.2 Å². The third-order valence-corrected chi connectivity index (χ3v) is 3.94. The first-order valence-electron chi connectivity index (χ1n) is 7.11. The zero-order valence-electron chi connectivity index (χ0n) is 12.2. The molecule has 23 heavy (non-hydrogen) atoms. The highest BCUT2D eigenvalue weighted by Gasteiger charge is 2.16. The fourth-order valence-corrected chi connectivity index (χ4v) is 2.95.